The number of halogens is 1. The van der Waals surface area contributed by atoms with Crippen molar-refractivity contribution >= 4 is 37.5 Å². The molecule has 0 bridgehead atoms. The van der Waals surface area contributed by atoms with Crippen LogP contribution in [-0.4, -0.2) is 31.7 Å². The van der Waals surface area contributed by atoms with E-state index in [1.54, 1.807) is 15.3 Å². The van der Waals surface area contributed by atoms with Crippen LogP contribution in [0.4, 0.5) is 5.69 Å². The van der Waals surface area contributed by atoms with Gasteiger partial charge in [-0.1, -0.05) is 40.2 Å². The summed E-state index contributed by atoms with van der Waals surface area (Å²) in [6.45, 7) is 1.39. The van der Waals surface area contributed by atoms with E-state index in [-0.39, 0.29) is 16.7 Å². The van der Waals surface area contributed by atoms with Gasteiger partial charge in [0.05, 0.1) is 5.69 Å². The number of benzene rings is 2. The van der Waals surface area contributed by atoms with E-state index in [0.29, 0.717) is 38.2 Å². The van der Waals surface area contributed by atoms with Gasteiger partial charge < -0.3 is 4.90 Å². The summed E-state index contributed by atoms with van der Waals surface area (Å²) in [5.41, 5.74) is 3.78. The van der Waals surface area contributed by atoms with Crippen molar-refractivity contribution in [3.05, 3.63) is 57.6 Å². The highest BCUT2D eigenvalue weighted by Crippen LogP contribution is 2.42. The Balaban J connectivity index is 1.57. The van der Waals surface area contributed by atoms with Crippen LogP contribution in [0, 0.1) is 5.92 Å². The summed E-state index contributed by atoms with van der Waals surface area (Å²) in [6.07, 6.45) is 3.22. The predicted octanol–water partition coefficient (Wildman–Crippen LogP) is 3.50. The summed E-state index contributed by atoms with van der Waals surface area (Å²) in [5.74, 6) is 0.133. The highest BCUT2D eigenvalue weighted by atomic mass is 79.9. The summed E-state index contributed by atoms with van der Waals surface area (Å²) in [5, 5.41) is 0. The molecule has 2 aromatic rings. The minimum atomic E-state index is -3.71. The minimum Gasteiger partial charge on any atom is -0.310 e. The zero-order valence-electron chi connectivity index (χ0n) is 15.4. The smallest absolute Gasteiger partial charge is 0.245 e. The van der Waals surface area contributed by atoms with Crippen LogP contribution in [0.5, 0.6) is 0 Å². The Morgan fingerprint density at radius 1 is 1.00 bits per heavy atom. The molecule has 0 N–H and O–H groups in total. The van der Waals surface area contributed by atoms with Gasteiger partial charge in [-0.3, -0.25) is 4.79 Å². The number of nitrogens with zero attached hydrogens (tertiary/aromatic N) is 2. The molecule has 3 aliphatic rings. The Bertz CT molecular complexity index is 1080. The number of amides is 1. The molecule has 2 heterocycles. The van der Waals surface area contributed by atoms with Crippen molar-refractivity contribution in [2.45, 2.75) is 37.1 Å². The zero-order valence-corrected chi connectivity index (χ0v) is 17.8. The monoisotopic (exact) mass is 460 g/mol. The van der Waals surface area contributed by atoms with Gasteiger partial charge in [0.1, 0.15) is 4.90 Å². The molecule has 1 saturated carbocycles. The lowest BCUT2D eigenvalue weighted by atomic mass is 10.0. The average molecular weight is 461 g/mol. The van der Waals surface area contributed by atoms with E-state index in [4.69, 9.17) is 0 Å². The van der Waals surface area contributed by atoms with Crippen molar-refractivity contribution in [1.29, 1.82) is 0 Å². The van der Waals surface area contributed by atoms with Crippen LogP contribution in [0.15, 0.2) is 45.8 Å². The summed E-state index contributed by atoms with van der Waals surface area (Å²) in [7, 11) is -3.71. The molecule has 0 aromatic heterocycles. The average Bonchev–Trinajstić information content (AvgIpc) is 3.46. The van der Waals surface area contributed by atoms with Crippen molar-refractivity contribution in [1.82, 2.24) is 4.31 Å². The maximum Gasteiger partial charge on any atom is 0.245 e. The minimum absolute atomic E-state index is 0.0621. The van der Waals surface area contributed by atoms with Gasteiger partial charge in [-0.15, -0.1) is 0 Å². The fourth-order valence-corrected chi connectivity index (χ4v) is 6.59. The first-order chi connectivity index (χ1) is 13.4. The number of hydrogen-bond donors (Lipinski definition) is 0. The largest absolute Gasteiger partial charge is 0.310 e. The second-order valence-electron chi connectivity index (χ2n) is 7.78. The zero-order chi connectivity index (χ0) is 19.5. The van der Waals surface area contributed by atoms with E-state index >= 15 is 0 Å². The van der Waals surface area contributed by atoms with Gasteiger partial charge in [0, 0.05) is 30.0 Å². The molecule has 28 heavy (non-hydrogen) atoms. The highest BCUT2D eigenvalue weighted by Gasteiger charge is 2.40. The number of fused-ring (bicyclic) bond motifs is 2. The second kappa shape index (κ2) is 6.68. The van der Waals surface area contributed by atoms with E-state index in [9.17, 15) is 13.2 Å². The Morgan fingerprint density at radius 2 is 1.71 bits per heavy atom. The summed E-state index contributed by atoms with van der Waals surface area (Å²) in [6, 6.07) is 11.6. The Hall–Kier alpha value is -1.70. The van der Waals surface area contributed by atoms with Crippen molar-refractivity contribution in [2.24, 2.45) is 5.92 Å². The van der Waals surface area contributed by atoms with Crippen LogP contribution in [0.2, 0.25) is 0 Å². The molecule has 0 atom stereocenters. The van der Waals surface area contributed by atoms with Crippen LogP contribution in [0.3, 0.4) is 0 Å². The number of hydrogen-bond acceptors (Lipinski definition) is 3. The number of carbonyl (C=O) groups is 1. The number of carbonyl (C=O) groups excluding carboxylic acids is 1. The molecule has 0 saturated heterocycles. The lowest BCUT2D eigenvalue weighted by Gasteiger charge is -2.30. The SMILES string of the molecule is O=C(C1CC1)N1CCc2cc(Br)cc(S(=O)(=O)N3CCc4ccccc4C3)c21. The molecule has 2 aromatic carbocycles. The third-order valence-electron chi connectivity index (χ3n) is 5.90. The van der Waals surface area contributed by atoms with Crippen LogP contribution >= 0.6 is 15.9 Å². The first-order valence-corrected chi connectivity index (χ1v) is 11.9. The maximum absolute atomic E-state index is 13.6. The first-order valence-electron chi connectivity index (χ1n) is 9.66. The quantitative estimate of drug-likeness (QED) is 0.703. The molecule has 7 heteroatoms. The summed E-state index contributed by atoms with van der Waals surface area (Å²) >= 11 is 3.47. The van der Waals surface area contributed by atoms with E-state index in [1.807, 2.05) is 24.3 Å². The molecule has 0 spiro atoms. The molecule has 5 rings (SSSR count). The fourth-order valence-electron chi connectivity index (χ4n) is 4.25. The van der Waals surface area contributed by atoms with Crippen molar-refractivity contribution in [2.75, 3.05) is 18.0 Å². The first kappa shape index (κ1) is 18.3. The molecule has 2 aliphatic heterocycles. The van der Waals surface area contributed by atoms with Gasteiger partial charge in [-0.2, -0.15) is 4.31 Å². The third kappa shape index (κ3) is 3.00. The lowest BCUT2D eigenvalue weighted by Crippen LogP contribution is -2.37. The second-order valence-corrected chi connectivity index (χ2v) is 10.6. The van der Waals surface area contributed by atoms with Gasteiger partial charge in [0.2, 0.25) is 15.9 Å². The van der Waals surface area contributed by atoms with Crippen LogP contribution in [-0.2, 0) is 34.2 Å². The van der Waals surface area contributed by atoms with Crippen molar-refractivity contribution < 1.29 is 13.2 Å². The topological polar surface area (TPSA) is 57.7 Å². The van der Waals surface area contributed by atoms with Gasteiger partial charge in [-0.25, -0.2) is 8.42 Å². The Morgan fingerprint density at radius 3 is 2.46 bits per heavy atom. The van der Waals surface area contributed by atoms with E-state index in [1.165, 1.54) is 5.56 Å². The molecular formula is C21H21BrN2O3S. The number of anilines is 1. The third-order valence-corrected chi connectivity index (χ3v) is 8.22. The Kier molecular flexibility index (Phi) is 4.37. The molecule has 1 amide bonds. The summed E-state index contributed by atoms with van der Waals surface area (Å²) in [4.78, 5) is 14.7. The van der Waals surface area contributed by atoms with Gasteiger partial charge in [0.25, 0.3) is 0 Å². The highest BCUT2D eigenvalue weighted by molar-refractivity contribution is 9.10. The van der Waals surface area contributed by atoms with Crippen LogP contribution in [0.25, 0.3) is 0 Å². The van der Waals surface area contributed by atoms with Gasteiger partial charge in [0.15, 0.2) is 0 Å². The molecule has 146 valence electrons. The van der Waals surface area contributed by atoms with Gasteiger partial charge in [-0.05, 0) is 54.5 Å². The van der Waals surface area contributed by atoms with Crippen LogP contribution < -0.4 is 4.90 Å². The normalized spacial score (nSPS) is 19.4. The van der Waals surface area contributed by atoms with E-state index < -0.39 is 10.0 Å². The van der Waals surface area contributed by atoms with Crippen LogP contribution in [0.1, 0.15) is 29.5 Å². The predicted molar refractivity (Wildman–Crippen MR) is 111 cm³/mol. The fraction of sp³-hybridized carbons (Fsp3) is 0.381. The maximum atomic E-state index is 13.6. The van der Waals surface area contributed by atoms with E-state index in [0.717, 1.165) is 28.4 Å². The number of rotatable bonds is 3. The van der Waals surface area contributed by atoms with E-state index in [2.05, 4.69) is 22.0 Å². The molecule has 0 unspecified atom stereocenters. The Labute approximate surface area is 173 Å². The molecule has 0 radical (unpaired) electrons. The number of sulfonamides is 1. The van der Waals surface area contributed by atoms with Gasteiger partial charge >= 0.3 is 0 Å². The van der Waals surface area contributed by atoms with Crippen molar-refractivity contribution in [3.63, 3.8) is 0 Å². The molecule has 1 fully saturated rings. The molecule has 1 aliphatic carbocycles. The molecule has 5 nitrogen and oxygen atoms in total. The summed E-state index contributed by atoms with van der Waals surface area (Å²) < 4.78 is 29.5. The lowest BCUT2D eigenvalue weighted by molar-refractivity contribution is -0.119. The molecular weight excluding hydrogens is 440 g/mol. The standard InChI is InChI=1S/C21H21BrN2O3S/c22-18-11-16-8-10-24(21(25)15-5-6-15)20(16)19(12-18)28(26,27)23-9-7-14-3-1-2-4-17(14)13-23/h1-4,11-12,15H,5-10,13H2. The van der Waals surface area contributed by atoms with Crippen molar-refractivity contribution in [3.8, 4) is 0 Å².